The number of halogens is 3. The number of alkyl halides is 2. The second kappa shape index (κ2) is 13.3. The topological polar surface area (TPSA) is 72.7 Å². The van der Waals surface area contributed by atoms with E-state index in [2.05, 4.69) is 38.5 Å². The first-order chi connectivity index (χ1) is 14.3. The Morgan fingerprint density at radius 1 is 1.23 bits per heavy atom. The Hall–Kier alpha value is -2.11. The molecule has 2 rings (SSSR count). The van der Waals surface area contributed by atoms with Gasteiger partial charge in [-0.05, 0) is 51.0 Å². The number of ether oxygens (including phenoxy) is 2. The SMILES string of the molecule is CCNC(=NCc1cc(OC)ccc1OC(F)F)NCC(C)Cn1nc(C)cc1C.I. The van der Waals surface area contributed by atoms with Gasteiger partial charge in [0.15, 0.2) is 5.96 Å². The van der Waals surface area contributed by atoms with Crippen molar-refractivity contribution in [3.63, 3.8) is 0 Å². The Morgan fingerprint density at radius 3 is 2.55 bits per heavy atom. The lowest BCUT2D eigenvalue weighted by Gasteiger charge is -2.17. The lowest BCUT2D eigenvalue weighted by molar-refractivity contribution is -0.0504. The van der Waals surface area contributed by atoms with Gasteiger partial charge in [0, 0.05) is 30.9 Å². The molecule has 0 radical (unpaired) electrons. The number of aliphatic imine (C=N–C) groups is 1. The summed E-state index contributed by atoms with van der Waals surface area (Å²) in [6.07, 6.45) is 0. The van der Waals surface area contributed by atoms with E-state index in [1.54, 1.807) is 12.1 Å². The van der Waals surface area contributed by atoms with Crippen molar-refractivity contribution < 1.29 is 18.3 Å². The summed E-state index contributed by atoms with van der Waals surface area (Å²) >= 11 is 0. The zero-order chi connectivity index (χ0) is 22.1. The van der Waals surface area contributed by atoms with E-state index in [0.29, 0.717) is 36.3 Å². The molecule has 0 spiro atoms. The van der Waals surface area contributed by atoms with Crippen molar-refractivity contribution in [1.29, 1.82) is 0 Å². The van der Waals surface area contributed by atoms with Crippen LogP contribution in [0.2, 0.25) is 0 Å². The van der Waals surface area contributed by atoms with Crippen LogP contribution in [0.4, 0.5) is 8.78 Å². The van der Waals surface area contributed by atoms with Crippen LogP contribution in [0.15, 0.2) is 29.3 Å². The van der Waals surface area contributed by atoms with Crippen LogP contribution in [0.1, 0.15) is 30.8 Å². The minimum absolute atomic E-state index is 0. The predicted octanol–water partition coefficient (Wildman–Crippen LogP) is 4.12. The van der Waals surface area contributed by atoms with Crippen LogP contribution in [0.5, 0.6) is 11.5 Å². The summed E-state index contributed by atoms with van der Waals surface area (Å²) in [5.41, 5.74) is 2.65. The first kappa shape index (κ1) is 26.9. The second-order valence-corrected chi connectivity index (χ2v) is 7.14. The third kappa shape index (κ3) is 8.88. The normalized spacial score (nSPS) is 12.3. The highest BCUT2D eigenvalue weighted by molar-refractivity contribution is 14.0. The van der Waals surface area contributed by atoms with Crippen LogP contribution >= 0.6 is 24.0 Å². The Morgan fingerprint density at radius 2 is 1.97 bits per heavy atom. The number of hydrogen-bond donors (Lipinski definition) is 2. The van der Waals surface area contributed by atoms with Crippen molar-refractivity contribution in [2.45, 2.75) is 47.4 Å². The van der Waals surface area contributed by atoms with E-state index in [0.717, 1.165) is 17.9 Å². The first-order valence-electron chi connectivity index (χ1n) is 9.97. The van der Waals surface area contributed by atoms with Crippen molar-refractivity contribution in [2.24, 2.45) is 10.9 Å². The number of nitrogens with one attached hydrogen (secondary N) is 2. The molecular formula is C21H32F2IN5O2. The van der Waals surface area contributed by atoms with Crippen LogP contribution in [0.25, 0.3) is 0 Å². The van der Waals surface area contributed by atoms with Crippen LogP contribution in [-0.4, -0.2) is 42.6 Å². The van der Waals surface area contributed by atoms with Gasteiger partial charge in [-0.2, -0.15) is 13.9 Å². The van der Waals surface area contributed by atoms with Crippen LogP contribution < -0.4 is 20.1 Å². The number of nitrogens with zero attached hydrogens (tertiary/aromatic N) is 3. The van der Waals surface area contributed by atoms with Gasteiger partial charge in [-0.3, -0.25) is 4.68 Å². The molecule has 1 aromatic heterocycles. The lowest BCUT2D eigenvalue weighted by Crippen LogP contribution is -2.40. The highest BCUT2D eigenvalue weighted by Gasteiger charge is 2.12. The van der Waals surface area contributed by atoms with Gasteiger partial charge in [-0.25, -0.2) is 4.99 Å². The van der Waals surface area contributed by atoms with E-state index in [-0.39, 0.29) is 36.3 Å². The highest BCUT2D eigenvalue weighted by atomic mass is 127. The molecule has 0 amide bonds. The number of rotatable bonds is 10. The van der Waals surface area contributed by atoms with Gasteiger partial charge in [-0.15, -0.1) is 24.0 Å². The summed E-state index contributed by atoms with van der Waals surface area (Å²) in [6, 6.07) is 6.75. The van der Waals surface area contributed by atoms with Crippen LogP contribution in [-0.2, 0) is 13.1 Å². The summed E-state index contributed by atoms with van der Waals surface area (Å²) in [5.74, 6) is 1.55. The molecule has 0 aliphatic heterocycles. The third-order valence-corrected chi connectivity index (χ3v) is 4.44. The molecular weight excluding hydrogens is 519 g/mol. The van der Waals surface area contributed by atoms with Crippen molar-refractivity contribution >= 4 is 29.9 Å². The maximum atomic E-state index is 12.7. The molecule has 0 fully saturated rings. The Labute approximate surface area is 199 Å². The van der Waals surface area contributed by atoms with Gasteiger partial charge in [0.2, 0.25) is 0 Å². The smallest absolute Gasteiger partial charge is 0.387 e. The summed E-state index contributed by atoms with van der Waals surface area (Å²) in [6.45, 7) is 7.53. The molecule has 0 aliphatic rings. The summed E-state index contributed by atoms with van der Waals surface area (Å²) in [5, 5.41) is 11.0. The van der Waals surface area contributed by atoms with Gasteiger partial charge in [0.1, 0.15) is 11.5 Å². The molecule has 1 aromatic carbocycles. The maximum absolute atomic E-state index is 12.7. The van der Waals surface area contributed by atoms with Gasteiger partial charge in [0.05, 0.1) is 19.3 Å². The zero-order valence-corrected chi connectivity index (χ0v) is 20.9. The minimum atomic E-state index is -2.90. The molecule has 0 aliphatic carbocycles. The fourth-order valence-corrected chi connectivity index (χ4v) is 3.01. The zero-order valence-electron chi connectivity index (χ0n) is 18.6. The van der Waals surface area contributed by atoms with Gasteiger partial charge >= 0.3 is 6.61 Å². The molecule has 7 nitrogen and oxygen atoms in total. The molecule has 1 unspecified atom stereocenters. The molecule has 31 heavy (non-hydrogen) atoms. The monoisotopic (exact) mass is 551 g/mol. The van der Waals surface area contributed by atoms with Crippen LogP contribution in [0.3, 0.4) is 0 Å². The Kier molecular flexibility index (Phi) is 11.6. The largest absolute Gasteiger partial charge is 0.497 e. The molecule has 0 saturated heterocycles. The maximum Gasteiger partial charge on any atom is 0.387 e. The fourth-order valence-electron chi connectivity index (χ4n) is 3.01. The van der Waals surface area contributed by atoms with E-state index in [4.69, 9.17) is 4.74 Å². The van der Waals surface area contributed by atoms with Gasteiger partial charge in [0.25, 0.3) is 0 Å². The molecule has 0 saturated carbocycles. The Balaban J connectivity index is 0.00000480. The molecule has 2 N–H and O–H groups in total. The average molecular weight is 551 g/mol. The number of guanidine groups is 1. The molecule has 1 heterocycles. The van der Waals surface area contributed by atoms with Crippen molar-refractivity contribution in [2.75, 3.05) is 20.2 Å². The molecule has 0 bridgehead atoms. The standard InChI is InChI=1S/C21H31F2N5O2.HI/c1-6-24-21(25-11-14(2)13-28-16(4)9-15(3)27-28)26-12-17-10-18(29-5)7-8-19(17)30-20(22)23;/h7-10,14,20H,6,11-13H2,1-5H3,(H2,24,25,26);1H. The van der Waals surface area contributed by atoms with Gasteiger partial charge in [-0.1, -0.05) is 6.92 Å². The molecule has 174 valence electrons. The molecule has 10 heteroatoms. The predicted molar refractivity (Wildman–Crippen MR) is 129 cm³/mol. The van der Waals surface area contributed by atoms with Crippen molar-refractivity contribution in [3.8, 4) is 11.5 Å². The van der Waals surface area contributed by atoms with Crippen molar-refractivity contribution in [1.82, 2.24) is 20.4 Å². The van der Waals surface area contributed by atoms with Crippen LogP contribution in [0, 0.1) is 19.8 Å². The van der Waals surface area contributed by atoms with Gasteiger partial charge < -0.3 is 20.1 Å². The minimum Gasteiger partial charge on any atom is -0.497 e. The summed E-state index contributed by atoms with van der Waals surface area (Å²) < 4.78 is 37.2. The summed E-state index contributed by atoms with van der Waals surface area (Å²) in [4.78, 5) is 4.52. The first-order valence-corrected chi connectivity index (χ1v) is 9.97. The quantitative estimate of drug-likeness (QED) is 0.264. The second-order valence-electron chi connectivity index (χ2n) is 7.14. The number of aryl methyl sites for hydroxylation is 2. The Bertz CT molecular complexity index is 845. The molecule has 2 aromatic rings. The lowest BCUT2D eigenvalue weighted by atomic mass is 10.2. The third-order valence-electron chi connectivity index (χ3n) is 4.44. The number of hydrogen-bond acceptors (Lipinski definition) is 4. The van der Waals surface area contributed by atoms with E-state index in [9.17, 15) is 8.78 Å². The molecule has 1 atom stereocenters. The number of benzene rings is 1. The average Bonchev–Trinajstić information content (AvgIpc) is 3.01. The van der Waals surface area contributed by atoms with E-state index >= 15 is 0 Å². The highest BCUT2D eigenvalue weighted by Crippen LogP contribution is 2.26. The number of aromatic nitrogens is 2. The van der Waals surface area contributed by atoms with E-state index < -0.39 is 6.61 Å². The van der Waals surface area contributed by atoms with E-state index in [1.165, 1.54) is 13.2 Å². The van der Waals surface area contributed by atoms with E-state index in [1.807, 2.05) is 25.5 Å². The fraction of sp³-hybridized carbons (Fsp3) is 0.524. The number of methoxy groups -OCH3 is 1. The van der Waals surface area contributed by atoms with Crippen molar-refractivity contribution in [3.05, 3.63) is 41.2 Å². The summed E-state index contributed by atoms with van der Waals surface area (Å²) in [7, 11) is 1.52.